The molecule has 0 unspecified atom stereocenters. The summed E-state index contributed by atoms with van der Waals surface area (Å²) in [6, 6.07) is 41.8. The molecule has 38 heavy (non-hydrogen) atoms. The first-order chi connectivity index (χ1) is 18.7. The molecular weight excluding hydrogens is 506 g/mol. The summed E-state index contributed by atoms with van der Waals surface area (Å²) in [6.07, 6.45) is 0. The van der Waals surface area contributed by atoms with Gasteiger partial charge in [0.2, 0.25) is 5.28 Å². The van der Waals surface area contributed by atoms with Gasteiger partial charge in [0.1, 0.15) is 0 Å². The molecule has 0 atom stereocenters. The molecule has 0 fully saturated rings. The highest BCUT2D eigenvalue weighted by molar-refractivity contribution is 7.26. The van der Waals surface area contributed by atoms with Crippen molar-refractivity contribution in [3.8, 4) is 45.0 Å². The van der Waals surface area contributed by atoms with Gasteiger partial charge in [-0.3, -0.25) is 0 Å². The van der Waals surface area contributed by atoms with E-state index in [9.17, 15) is 0 Å². The fourth-order valence-electron chi connectivity index (χ4n) is 4.93. The highest BCUT2D eigenvalue weighted by atomic mass is 35.5. The average Bonchev–Trinajstić information content (AvgIpc) is 3.36. The largest absolute Gasteiger partial charge is 0.226 e. The molecule has 0 spiro atoms. The summed E-state index contributed by atoms with van der Waals surface area (Å²) >= 11 is 8.28. The van der Waals surface area contributed by atoms with E-state index in [0.29, 0.717) is 11.6 Å². The second-order valence-corrected chi connectivity index (χ2v) is 10.4. The Morgan fingerprint density at radius 3 is 1.87 bits per heavy atom. The fourth-order valence-corrected chi connectivity index (χ4v) is 6.31. The van der Waals surface area contributed by atoms with Gasteiger partial charge in [-0.15, -0.1) is 11.3 Å². The molecule has 0 N–H and O–H groups in total. The molecule has 180 valence electrons. The number of hydrogen-bond donors (Lipinski definition) is 0. The number of nitrogens with zero attached hydrogens (tertiary/aromatic N) is 3. The minimum absolute atomic E-state index is 0.175. The van der Waals surface area contributed by atoms with Crippen molar-refractivity contribution in [2.75, 3.05) is 0 Å². The summed E-state index contributed by atoms with van der Waals surface area (Å²) in [5, 5.41) is 2.58. The molecule has 0 aliphatic heterocycles. The van der Waals surface area contributed by atoms with Gasteiger partial charge in [-0.2, -0.15) is 9.97 Å². The zero-order valence-corrected chi connectivity index (χ0v) is 21.7. The molecule has 0 saturated carbocycles. The van der Waals surface area contributed by atoms with Gasteiger partial charge >= 0.3 is 0 Å². The van der Waals surface area contributed by atoms with E-state index in [1.807, 2.05) is 53.8 Å². The fraction of sp³-hybridized carbons (Fsp3) is 0. The minimum atomic E-state index is 0.175. The van der Waals surface area contributed by atoms with Crippen molar-refractivity contribution in [2.24, 2.45) is 0 Å². The van der Waals surface area contributed by atoms with E-state index in [1.54, 1.807) is 0 Å². The first-order valence-electron chi connectivity index (χ1n) is 12.3. The van der Waals surface area contributed by atoms with Crippen LogP contribution in [0.1, 0.15) is 0 Å². The number of hydrogen-bond acceptors (Lipinski definition) is 4. The Hall–Kier alpha value is -4.38. The van der Waals surface area contributed by atoms with Crippen LogP contribution < -0.4 is 0 Å². The third kappa shape index (κ3) is 4.04. The molecular formula is C33H20ClN3S. The van der Waals surface area contributed by atoms with Crippen LogP contribution in [0.4, 0.5) is 0 Å². The van der Waals surface area contributed by atoms with Crippen LogP contribution in [-0.4, -0.2) is 15.0 Å². The lowest BCUT2D eigenvalue weighted by Gasteiger charge is -2.10. The Morgan fingerprint density at radius 1 is 0.474 bits per heavy atom. The number of rotatable bonds is 4. The molecule has 0 amide bonds. The second kappa shape index (κ2) is 9.49. The van der Waals surface area contributed by atoms with Crippen LogP contribution in [0.3, 0.4) is 0 Å². The summed E-state index contributed by atoms with van der Waals surface area (Å²) in [7, 11) is 0. The van der Waals surface area contributed by atoms with Gasteiger partial charge < -0.3 is 0 Å². The number of thiophene rings is 1. The summed E-state index contributed by atoms with van der Waals surface area (Å²) in [5.74, 6) is 1.12. The first-order valence-corrected chi connectivity index (χ1v) is 13.5. The standard InChI is InChI=1S/C33H20ClN3S/c34-33-36-31(35-32(37-33)27-15-8-7-14-24(27)21-10-3-1-4-11-21)23-18-19-29-28(20-23)26-17-9-16-25(30(26)38-29)22-12-5-2-6-13-22/h1-20H. The predicted octanol–water partition coefficient (Wildman–Crippen LogP) is 9.56. The van der Waals surface area contributed by atoms with E-state index in [2.05, 4.69) is 88.8 Å². The van der Waals surface area contributed by atoms with E-state index in [-0.39, 0.29) is 5.28 Å². The quantitative estimate of drug-likeness (QED) is 0.229. The van der Waals surface area contributed by atoms with E-state index < -0.39 is 0 Å². The smallest absolute Gasteiger partial charge is 0.208 e. The van der Waals surface area contributed by atoms with Crippen LogP contribution in [-0.2, 0) is 0 Å². The molecule has 0 bridgehead atoms. The Labute approximate surface area is 229 Å². The summed E-state index contributed by atoms with van der Waals surface area (Å²) in [5.41, 5.74) is 6.43. The molecule has 5 heteroatoms. The molecule has 5 aromatic carbocycles. The van der Waals surface area contributed by atoms with Crippen molar-refractivity contribution in [3.63, 3.8) is 0 Å². The third-order valence-corrected chi connectivity index (χ3v) is 8.09. The van der Waals surface area contributed by atoms with Crippen molar-refractivity contribution in [2.45, 2.75) is 0 Å². The molecule has 7 rings (SSSR count). The molecule has 0 aliphatic rings. The van der Waals surface area contributed by atoms with Gasteiger partial charge in [0.05, 0.1) is 0 Å². The maximum atomic E-state index is 6.47. The zero-order chi connectivity index (χ0) is 25.5. The molecule has 0 aliphatic carbocycles. The Balaban J connectivity index is 1.37. The molecule has 0 radical (unpaired) electrons. The second-order valence-electron chi connectivity index (χ2n) is 9.02. The number of halogens is 1. The van der Waals surface area contributed by atoms with Crippen LogP contribution in [0.5, 0.6) is 0 Å². The third-order valence-electron chi connectivity index (χ3n) is 6.70. The van der Waals surface area contributed by atoms with E-state index in [0.717, 1.165) is 22.3 Å². The highest BCUT2D eigenvalue weighted by Gasteiger charge is 2.16. The monoisotopic (exact) mass is 525 g/mol. The van der Waals surface area contributed by atoms with Crippen molar-refractivity contribution < 1.29 is 0 Å². The van der Waals surface area contributed by atoms with Crippen LogP contribution >= 0.6 is 22.9 Å². The van der Waals surface area contributed by atoms with Crippen molar-refractivity contribution >= 4 is 43.1 Å². The van der Waals surface area contributed by atoms with Crippen LogP contribution in [0, 0.1) is 0 Å². The average molecular weight is 526 g/mol. The SMILES string of the molecule is Clc1nc(-c2ccc3sc4c(-c5ccccc5)cccc4c3c2)nc(-c2ccccc2-c2ccccc2)n1. The number of fused-ring (bicyclic) bond motifs is 3. The van der Waals surface area contributed by atoms with Crippen molar-refractivity contribution in [3.05, 3.63) is 127 Å². The van der Waals surface area contributed by atoms with Gasteiger partial charge in [-0.1, -0.05) is 103 Å². The maximum absolute atomic E-state index is 6.47. The summed E-state index contributed by atoms with van der Waals surface area (Å²) in [6.45, 7) is 0. The molecule has 7 aromatic rings. The lowest BCUT2D eigenvalue weighted by atomic mass is 9.99. The normalized spacial score (nSPS) is 11.3. The van der Waals surface area contributed by atoms with Crippen LogP contribution in [0.25, 0.3) is 65.2 Å². The van der Waals surface area contributed by atoms with E-state index >= 15 is 0 Å². The maximum Gasteiger partial charge on any atom is 0.226 e. The van der Waals surface area contributed by atoms with E-state index in [1.165, 1.54) is 31.3 Å². The van der Waals surface area contributed by atoms with Gasteiger partial charge in [-0.25, -0.2) is 4.98 Å². The van der Waals surface area contributed by atoms with Gasteiger partial charge in [0.15, 0.2) is 11.6 Å². The first kappa shape index (κ1) is 22.8. The van der Waals surface area contributed by atoms with Crippen LogP contribution in [0.2, 0.25) is 5.28 Å². The Bertz CT molecular complexity index is 1930. The Morgan fingerprint density at radius 2 is 1.11 bits per heavy atom. The molecule has 0 saturated heterocycles. The predicted molar refractivity (Wildman–Crippen MR) is 159 cm³/mol. The molecule has 3 nitrogen and oxygen atoms in total. The summed E-state index contributed by atoms with van der Waals surface area (Å²) < 4.78 is 2.50. The molecule has 2 heterocycles. The highest BCUT2D eigenvalue weighted by Crippen LogP contribution is 2.41. The van der Waals surface area contributed by atoms with E-state index in [4.69, 9.17) is 16.6 Å². The van der Waals surface area contributed by atoms with Crippen molar-refractivity contribution in [1.29, 1.82) is 0 Å². The van der Waals surface area contributed by atoms with Gasteiger partial charge in [-0.05, 0) is 52.1 Å². The zero-order valence-electron chi connectivity index (χ0n) is 20.2. The van der Waals surface area contributed by atoms with Crippen molar-refractivity contribution in [1.82, 2.24) is 15.0 Å². The topological polar surface area (TPSA) is 38.7 Å². The number of aromatic nitrogens is 3. The molecule has 2 aromatic heterocycles. The Kier molecular flexibility index (Phi) is 5.69. The lowest BCUT2D eigenvalue weighted by molar-refractivity contribution is 1.07. The van der Waals surface area contributed by atoms with Gasteiger partial charge in [0.25, 0.3) is 0 Å². The summed E-state index contributed by atoms with van der Waals surface area (Å²) in [4.78, 5) is 13.9. The minimum Gasteiger partial charge on any atom is -0.208 e. The number of benzene rings is 5. The lowest BCUT2D eigenvalue weighted by Crippen LogP contribution is -1.98. The van der Waals surface area contributed by atoms with Crippen LogP contribution in [0.15, 0.2) is 121 Å². The van der Waals surface area contributed by atoms with Gasteiger partial charge in [0, 0.05) is 31.3 Å².